The smallest absolute Gasteiger partial charge is 0.339 e. The maximum atomic E-state index is 12.4. The summed E-state index contributed by atoms with van der Waals surface area (Å²) in [5.41, 5.74) is 1.27. The molecule has 6 heteroatoms. The summed E-state index contributed by atoms with van der Waals surface area (Å²) >= 11 is 0. The molecule has 1 N–H and O–H groups in total. The second kappa shape index (κ2) is 7.01. The average molecular weight is 368 g/mol. The van der Waals surface area contributed by atoms with Gasteiger partial charge in [-0.2, -0.15) is 8.42 Å². The van der Waals surface area contributed by atoms with Gasteiger partial charge in [-0.3, -0.25) is 4.79 Å². The molecule has 0 aliphatic rings. The highest BCUT2D eigenvalue weighted by atomic mass is 32.2. The van der Waals surface area contributed by atoms with Crippen molar-refractivity contribution in [2.24, 2.45) is 0 Å². The molecule has 0 radical (unpaired) electrons. The van der Waals surface area contributed by atoms with Crippen LogP contribution in [0.15, 0.2) is 77.7 Å². The monoisotopic (exact) mass is 368 g/mol. The summed E-state index contributed by atoms with van der Waals surface area (Å²) in [5, 5.41) is 10.1. The molecule has 0 aliphatic heterocycles. The number of aryl methyl sites for hydroxylation is 1. The number of ketones is 1. The Morgan fingerprint density at radius 3 is 2.31 bits per heavy atom. The Hall–Kier alpha value is -3.12. The lowest BCUT2D eigenvalue weighted by Crippen LogP contribution is -2.10. The number of hydrogen-bond acceptors (Lipinski definition) is 5. The van der Waals surface area contributed by atoms with Crippen LogP contribution in [0.2, 0.25) is 0 Å². The number of carbonyl (C=O) groups is 1. The van der Waals surface area contributed by atoms with Crippen molar-refractivity contribution in [2.75, 3.05) is 0 Å². The number of phenols is 1. The fraction of sp³-hybridized carbons (Fsp3) is 0.0500. The third-order valence-electron chi connectivity index (χ3n) is 3.73. The van der Waals surface area contributed by atoms with Gasteiger partial charge in [0.2, 0.25) is 0 Å². The maximum absolute atomic E-state index is 12.4. The van der Waals surface area contributed by atoms with E-state index in [9.17, 15) is 18.3 Å². The predicted molar refractivity (Wildman–Crippen MR) is 97.0 cm³/mol. The number of aromatic hydroxyl groups is 1. The molecule has 0 spiro atoms. The van der Waals surface area contributed by atoms with Crippen LogP contribution in [-0.2, 0) is 10.1 Å². The fourth-order valence-corrected chi connectivity index (χ4v) is 3.47. The fourth-order valence-electron chi connectivity index (χ4n) is 2.45. The van der Waals surface area contributed by atoms with E-state index in [-0.39, 0.29) is 27.7 Å². The van der Waals surface area contributed by atoms with Gasteiger partial charge in [0.05, 0.1) is 5.56 Å². The van der Waals surface area contributed by atoms with Crippen molar-refractivity contribution < 1.29 is 22.5 Å². The molecule has 0 fully saturated rings. The van der Waals surface area contributed by atoms with Gasteiger partial charge in [-0.25, -0.2) is 0 Å². The highest BCUT2D eigenvalue weighted by Gasteiger charge is 2.19. The van der Waals surface area contributed by atoms with Gasteiger partial charge in [0.15, 0.2) is 5.78 Å². The SMILES string of the molecule is Cc1cccc(S(=O)(=O)Oc2ccc(C(=O)c3ccccc3)c(O)c2)c1. The van der Waals surface area contributed by atoms with Gasteiger partial charge in [-0.1, -0.05) is 42.5 Å². The van der Waals surface area contributed by atoms with E-state index in [0.717, 1.165) is 11.6 Å². The number of benzene rings is 3. The van der Waals surface area contributed by atoms with Crippen LogP contribution in [0.3, 0.4) is 0 Å². The molecule has 3 aromatic carbocycles. The predicted octanol–water partition coefficient (Wildman–Crippen LogP) is 3.70. The Morgan fingerprint density at radius 1 is 0.923 bits per heavy atom. The summed E-state index contributed by atoms with van der Waals surface area (Å²) in [6.07, 6.45) is 0. The lowest BCUT2D eigenvalue weighted by atomic mass is 10.0. The van der Waals surface area contributed by atoms with Crippen molar-refractivity contribution in [2.45, 2.75) is 11.8 Å². The Morgan fingerprint density at radius 2 is 1.65 bits per heavy atom. The number of phenolic OH excluding ortho intramolecular Hbond substituents is 1. The van der Waals surface area contributed by atoms with Crippen molar-refractivity contribution in [3.63, 3.8) is 0 Å². The molecule has 0 heterocycles. The molecule has 0 aromatic heterocycles. The normalized spacial score (nSPS) is 11.1. The van der Waals surface area contributed by atoms with Crippen molar-refractivity contribution in [3.8, 4) is 11.5 Å². The molecule has 5 nitrogen and oxygen atoms in total. The van der Waals surface area contributed by atoms with E-state index in [1.54, 1.807) is 49.4 Å². The van der Waals surface area contributed by atoms with E-state index >= 15 is 0 Å². The van der Waals surface area contributed by atoms with E-state index in [2.05, 4.69) is 0 Å². The number of hydrogen-bond donors (Lipinski definition) is 1. The first-order valence-corrected chi connectivity index (χ1v) is 9.21. The van der Waals surface area contributed by atoms with Crippen LogP contribution in [0.25, 0.3) is 0 Å². The van der Waals surface area contributed by atoms with Crippen LogP contribution in [0.5, 0.6) is 11.5 Å². The van der Waals surface area contributed by atoms with Crippen LogP contribution < -0.4 is 4.18 Å². The summed E-state index contributed by atoms with van der Waals surface area (Å²) in [5.74, 6) is -0.791. The molecule has 0 unspecified atom stereocenters. The maximum Gasteiger partial charge on any atom is 0.339 e. The minimum absolute atomic E-state index is 0.0152. The molecular formula is C20H16O5S. The van der Waals surface area contributed by atoms with Crippen LogP contribution >= 0.6 is 0 Å². The molecule has 0 saturated carbocycles. The zero-order chi connectivity index (χ0) is 18.7. The molecule has 0 bridgehead atoms. The highest BCUT2D eigenvalue weighted by molar-refractivity contribution is 7.87. The topological polar surface area (TPSA) is 80.7 Å². The Labute approximate surface area is 151 Å². The summed E-state index contributed by atoms with van der Waals surface area (Å²) in [6, 6.07) is 18.6. The van der Waals surface area contributed by atoms with Crippen molar-refractivity contribution in [3.05, 3.63) is 89.5 Å². The zero-order valence-electron chi connectivity index (χ0n) is 13.9. The standard InChI is InChI=1S/C20H16O5S/c1-14-6-5-9-17(12-14)26(23,24)25-16-10-11-18(19(21)13-16)20(22)15-7-3-2-4-8-15/h2-13,21H,1H3. The zero-order valence-corrected chi connectivity index (χ0v) is 14.7. The van der Waals surface area contributed by atoms with E-state index in [1.165, 1.54) is 24.3 Å². The Balaban J connectivity index is 1.87. The molecule has 3 aromatic rings. The molecule has 0 saturated heterocycles. The molecule has 0 aliphatic carbocycles. The van der Waals surface area contributed by atoms with Crippen LogP contribution in [0, 0.1) is 6.92 Å². The van der Waals surface area contributed by atoms with Gasteiger partial charge in [0.1, 0.15) is 16.4 Å². The molecule has 0 atom stereocenters. The van der Waals surface area contributed by atoms with E-state index in [1.807, 2.05) is 0 Å². The minimum atomic E-state index is -4.03. The molecule has 3 rings (SSSR count). The summed E-state index contributed by atoms with van der Waals surface area (Å²) in [7, 11) is -4.03. The van der Waals surface area contributed by atoms with Gasteiger partial charge in [0.25, 0.3) is 0 Å². The quantitative estimate of drug-likeness (QED) is 0.549. The molecule has 26 heavy (non-hydrogen) atoms. The number of rotatable bonds is 5. The molecular weight excluding hydrogens is 352 g/mol. The third-order valence-corrected chi connectivity index (χ3v) is 4.98. The van der Waals surface area contributed by atoms with E-state index < -0.39 is 10.1 Å². The number of carbonyl (C=O) groups excluding carboxylic acids is 1. The minimum Gasteiger partial charge on any atom is -0.507 e. The van der Waals surface area contributed by atoms with Crippen molar-refractivity contribution in [1.29, 1.82) is 0 Å². The summed E-state index contributed by atoms with van der Waals surface area (Å²) in [6.45, 7) is 1.77. The highest BCUT2D eigenvalue weighted by Crippen LogP contribution is 2.28. The van der Waals surface area contributed by atoms with E-state index in [4.69, 9.17) is 4.18 Å². The van der Waals surface area contributed by atoms with Gasteiger partial charge in [-0.05, 0) is 36.8 Å². The van der Waals surface area contributed by atoms with Gasteiger partial charge >= 0.3 is 10.1 Å². The van der Waals surface area contributed by atoms with Crippen LogP contribution in [0.4, 0.5) is 0 Å². The first-order chi connectivity index (χ1) is 12.4. The largest absolute Gasteiger partial charge is 0.507 e. The van der Waals surface area contributed by atoms with Crippen LogP contribution in [-0.4, -0.2) is 19.3 Å². The molecule has 0 amide bonds. The second-order valence-corrected chi connectivity index (χ2v) is 7.27. The third kappa shape index (κ3) is 3.75. The van der Waals surface area contributed by atoms with E-state index in [0.29, 0.717) is 5.56 Å². The van der Waals surface area contributed by atoms with Gasteiger partial charge in [-0.15, -0.1) is 0 Å². The Kier molecular flexibility index (Phi) is 4.77. The second-order valence-electron chi connectivity index (χ2n) is 5.73. The average Bonchev–Trinajstić information content (AvgIpc) is 2.62. The van der Waals surface area contributed by atoms with Crippen molar-refractivity contribution >= 4 is 15.9 Å². The lowest BCUT2D eigenvalue weighted by Gasteiger charge is -2.10. The first-order valence-electron chi connectivity index (χ1n) is 7.81. The summed E-state index contributed by atoms with van der Waals surface area (Å²) < 4.78 is 29.7. The van der Waals surface area contributed by atoms with Gasteiger partial charge < -0.3 is 9.29 Å². The Bertz CT molecular complexity index is 1060. The molecule has 132 valence electrons. The first kappa shape index (κ1) is 17.7. The van der Waals surface area contributed by atoms with Gasteiger partial charge in [0, 0.05) is 11.6 Å². The summed E-state index contributed by atoms with van der Waals surface area (Å²) in [4.78, 5) is 12.4. The lowest BCUT2D eigenvalue weighted by molar-refractivity contribution is 0.103. The van der Waals surface area contributed by atoms with Crippen molar-refractivity contribution in [1.82, 2.24) is 0 Å². The van der Waals surface area contributed by atoms with Crippen LogP contribution in [0.1, 0.15) is 21.5 Å².